The van der Waals surface area contributed by atoms with Crippen LogP contribution in [0.1, 0.15) is 11.1 Å². The van der Waals surface area contributed by atoms with Crippen LogP contribution in [0.3, 0.4) is 0 Å². The number of benzene rings is 1. The van der Waals surface area contributed by atoms with Crippen molar-refractivity contribution in [3.05, 3.63) is 69.1 Å². The number of nitrogens with zero attached hydrogens (tertiary/aromatic N) is 2. The summed E-state index contributed by atoms with van der Waals surface area (Å²) in [7, 11) is 0. The summed E-state index contributed by atoms with van der Waals surface area (Å²) in [4.78, 5) is 12.0. The van der Waals surface area contributed by atoms with Crippen molar-refractivity contribution in [1.29, 1.82) is 5.26 Å². The lowest BCUT2D eigenvalue weighted by Gasteiger charge is -2.06. The van der Waals surface area contributed by atoms with E-state index in [1.807, 2.05) is 11.6 Å². The van der Waals surface area contributed by atoms with Crippen molar-refractivity contribution >= 4 is 17.3 Å². The Kier molecular flexibility index (Phi) is 2.73. The van der Waals surface area contributed by atoms with Crippen molar-refractivity contribution in [2.45, 2.75) is 5.03 Å². The fraction of sp³-hybridized carbons (Fsp3) is 0. The van der Waals surface area contributed by atoms with E-state index >= 15 is 0 Å². The molecule has 1 aliphatic heterocycles. The van der Waals surface area contributed by atoms with Gasteiger partial charge in [0, 0.05) is 17.8 Å². The van der Waals surface area contributed by atoms with Crippen molar-refractivity contribution in [3.8, 4) is 6.19 Å². The van der Waals surface area contributed by atoms with Crippen LogP contribution >= 0.6 is 11.8 Å². The van der Waals surface area contributed by atoms with Gasteiger partial charge in [-0.3, -0.25) is 4.79 Å². The summed E-state index contributed by atoms with van der Waals surface area (Å²) in [5, 5.41) is 11.5. The smallest absolute Gasteiger partial charge is 0.190 e. The first-order chi connectivity index (χ1) is 9.20. The first-order valence-corrected chi connectivity index (χ1v) is 6.50. The molecule has 0 saturated heterocycles. The predicted octanol–water partition coefficient (Wildman–Crippen LogP) is 2.54. The zero-order valence-electron chi connectivity index (χ0n) is 9.67. The molecule has 0 spiro atoms. The second kappa shape index (κ2) is 4.41. The summed E-state index contributed by atoms with van der Waals surface area (Å²) in [6.07, 6.45) is 3.48. The van der Waals surface area contributed by atoms with Crippen LogP contribution in [-0.4, -0.2) is 4.57 Å². The number of hydrogen-bond acceptors (Lipinski definition) is 2. The third kappa shape index (κ3) is 1.86. The molecular formula is C14H8FN2OS. The number of rotatable bonds is 1. The Labute approximate surface area is 112 Å². The van der Waals surface area contributed by atoms with E-state index in [1.165, 1.54) is 29.0 Å². The molecule has 2 aromatic rings. The Morgan fingerprint density at radius 1 is 1.21 bits per heavy atom. The van der Waals surface area contributed by atoms with E-state index in [-0.39, 0.29) is 11.2 Å². The third-order valence-electron chi connectivity index (χ3n) is 2.92. The van der Waals surface area contributed by atoms with E-state index in [0.717, 1.165) is 22.9 Å². The Balaban J connectivity index is 2.19. The molecule has 0 atom stereocenters. The average Bonchev–Trinajstić information content (AvgIpc) is 2.86. The summed E-state index contributed by atoms with van der Waals surface area (Å²) in [5.41, 5.74) is 1.94. The van der Waals surface area contributed by atoms with Crippen LogP contribution in [-0.2, 0) is 0 Å². The van der Waals surface area contributed by atoms with E-state index in [2.05, 4.69) is 0 Å². The molecule has 0 fully saturated rings. The van der Waals surface area contributed by atoms with Crippen LogP contribution in [0.15, 0.2) is 51.8 Å². The van der Waals surface area contributed by atoms with Gasteiger partial charge in [0.2, 0.25) is 0 Å². The maximum absolute atomic E-state index is 12.9. The van der Waals surface area contributed by atoms with Gasteiger partial charge in [0.05, 0.1) is 10.6 Å². The first-order valence-electron chi connectivity index (χ1n) is 5.54. The lowest BCUT2D eigenvalue weighted by Crippen LogP contribution is -2.11. The van der Waals surface area contributed by atoms with E-state index in [0.29, 0.717) is 10.6 Å². The summed E-state index contributed by atoms with van der Waals surface area (Å²) in [6.45, 7) is 0. The molecule has 1 aromatic heterocycles. The molecule has 93 valence electrons. The van der Waals surface area contributed by atoms with Gasteiger partial charge in [0.15, 0.2) is 11.6 Å². The summed E-state index contributed by atoms with van der Waals surface area (Å²) < 4.78 is 14.3. The fourth-order valence-corrected chi connectivity index (χ4v) is 3.15. The van der Waals surface area contributed by atoms with Gasteiger partial charge >= 0.3 is 0 Å². The second-order valence-electron chi connectivity index (χ2n) is 4.03. The molecule has 3 nitrogen and oxygen atoms in total. The average molecular weight is 271 g/mol. The predicted molar refractivity (Wildman–Crippen MR) is 72.4 cm³/mol. The minimum atomic E-state index is -0.317. The van der Waals surface area contributed by atoms with Crippen LogP contribution in [0, 0.1) is 17.3 Å². The van der Waals surface area contributed by atoms with Crippen LogP contribution in [0.4, 0.5) is 4.39 Å². The van der Waals surface area contributed by atoms with Gasteiger partial charge in [0.25, 0.3) is 0 Å². The van der Waals surface area contributed by atoms with Crippen molar-refractivity contribution in [1.82, 2.24) is 4.57 Å². The van der Waals surface area contributed by atoms with Gasteiger partial charge in [0.1, 0.15) is 5.82 Å². The van der Waals surface area contributed by atoms with Crippen LogP contribution in [0.25, 0.3) is 5.57 Å². The highest BCUT2D eigenvalue weighted by atomic mass is 32.2. The number of pyridine rings is 1. The Morgan fingerprint density at radius 2 is 1.95 bits per heavy atom. The highest BCUT2D eigenvalue weighted by Gasteiger charge is 2.21. The molecule has 5 heteroatoms. The number of hydrogen-bond donors (Lipinski definition) is 1. The number of fused-ring (bicyclic) bond motifs is 1. The van der Waals surface area contributed by atoms with Crippen LogP contribution in [0.2, 0.25) is 0 Å². The SMILES string of the molecule is N#Cn1ccc(=O)c2c1[SH]C=C2c1ccc(F)cc1. The molecule has 1 aliphatic rings. The van der Waals surface area contributed by atoms with Crippen molar-refractivity contribution in [2.75, 3.05) is 0 Å². The summed E-state index contributed by atoms with van der Waals surface area (Å²) >= 11 is 0.797. The second-order valence-corrected chi connectivity index (χ2v) is 4.97. The van der Waals surface area contributed by atoms with Crippen molar-refractivity contribution < 1.29 is 4.39 Å². The maximum Gasteiger partial charge on any atom is 0.190 e. The van der Waals surface area contributed by atoms with Gasteiger partial charge in [-0.05, 0) is 23.1 Å². The summed E-state index contributed by atoms with van der Waals surface area (Å²) in [6, 6.07) is 7.36. The van der Waals surface area contributed by atoms with Crippen molar-refractivity contribution in [3.63, 3.8) is 0 Å². The number of thiol groups is 1. The molecule has 0 saturated carbocycles. The zero-order valence-corrected chi connectivity index (χ0v) is 10.6. The number of halogens is 1. The number of nitriles is 1. The van der Waals surface area contributed by atoms with Gasteiger partial charge in [-0.25, -0.2) is 8.96 Å². The molecule has 1 radical (unpaired) electrons. The van der Waals surface area contributed by atoms with Crippen molar-refractivity contribution in [2.24, 2.45) is 0 Å². The van der Waals surface area contributed by atoms with E-state index < -0.39 is 0 Å². The van der Waals surface area contributed by atoms with Crippen LogP contribution in [0.5, 0.6) is 0 Å². The molecule has 19 heavy (non-hydrogen) atoms. The molecule has 1 aromatic carbocycles. The molecule has 0 bridgehead atoms. The normalized spacial score (nSPS) is 12.7. The van der Waals surface area contributed by atoms with E-state index in [4.69, 9.17) is 5.26 Å². The highest BCUT2D eigenvalue weighted by molar-refractivity contribution is 8.02. The topological polar surface area (TPSA) is 45.8 Å². The lowest BCUT2D eigenvalue weighted by molar-refractivity contribution is 0.627. The zero-order chi connectivity index (χ0) is 13.4. The van der Waals surface area contributed by atoms with Gasteiger partial charge < -0.3 is 0 Å². The molecule has 0 N–H and O–H groups in total. The van der Waals surface area contributed by atoms with Gasteiger partial charge in [-0.2, -0.15) is 17.0 Å². The largest absolute Gasteiger partial charge is 0.289 e. The molecule has 0 unspecified atom stereocenters. The Hall–Kier alpha value is -2.32. The third-order valence-corrected chi connectivity index (χ3v) is 3.99. The minimum Gasteiger partial charge on any atom is -0.289 e. The minimum absolute atomic E-state index is 0.123. The number of aromatic nitrogens is 1. The quantitative estimate of drug-likeness (QED) is 0.810. The van der Waals surface area contributed by atoms with Gasteiger partial charge in [-0.1, -0.05) is 12.1 Å². The maximum atomic E-state index is 12.9. The van der Waals surface area contributed by atoms with E-state index in [1.54, 1.807) is 12.1 Å². The highest BCUT2D eigenvalue weighted by Crippen LogP contribution is 2.39. The fourth-order valence-electron chi connectivity index (χ4n) is 2.03. The molecular weight excluding hydrogens is 263 g/mol. The molecule has 2 heterocycles. The Morgan fingerprint density at radius 3 is 2.63 bits per heavy atom. The van der Waals surface area contributed by atoms with Crippen LogP contribution < -0.4 is 5.43 Å². The Bertz CT molecular complexity index is 785. The van der Waals surface area contributed by atoms with E-state index in [9.17, 15) is 9.18 Å². The lowest BCUT2D eigenvalue weighted by atomic mass is 10.0. The molecule has 0 amide bonds. The summed E-state index contributed by atoms with van der Waals surface area (Å²) in [5.74, 6) is -0.317. The molecule has 3 rings (SSSR count). The monoisotopic (exact) mass is 271 g/mol. The first kappa shape index (κ1) is 11.8. The van der Waals surface area contributed by atoms with Gasteiger partial charge in [-0.15, -0.1) is 0 Å². The standard InChI is InChI=1S/C14H8FN2OS/c15-10-3-1-9(2-4-10)11-7-19-14-13(11)12(18)5-6-17(14)8-16/h1-7,19H. The molecule has 0 aliphatic carbocycles.